The van der Waals surface area contributed by atoms with Gasteiger partial charge in [0.2, 0.25) is 0 Å². The zero-order valence-electron chi connectivity index (χ0n) is 22.5. The summed E-state index contributed by atoms with van der Waals surface area (Å²) < 4.78 is 0. The summed E-state index contributed by atoms with van der Waals surface area (Å²) in [4.78, 5) is 0. The van der Waals surface area contributed by atoms with Gasteiger partial charge in [-0.15, -0.1) is 11.8 Å². The van der Waals surface area contributed by atoms with E-state index in [-0.39, 0.29) is 0 Å². The molecule has 0 N–H and O–H groups in total. The molecule has 0 bridgehead atoms. The van der Waals surface area contributed by atoms with Gasteiger partial charge in [0, 0.05) is 11.1 Å². The average Bonchev–Trinajstić information content (AvgIpc) is 2.72. The molecule has 1 aromatic rings. The maximum atomic E-state index is 3.40. The molecule has 0 heterocycles. The molecule has 1 rings (SSSR count). The summed E-state index contributed by atoms with van der Waals surface area (Å²) in [6.45, 7) is 18.0. The Kier molecular flexibility index (Phi) is 14.2. The van der Waals surface area contributed by atoms with Crippen molar-refractivity contribution in [2.24, 2.45) is 23.7 Å². The first-order valence-electron chi connectivity index (χ1n) is 13.3. The van der Waals surface area contributed by atoms with Gasteiger partial charge in [-0.1, -0.05) is 91.9 Å². The van der Waals surface area contributed by atoms with Gasteiger partial charge in [0.05, 0.1) is 0 Å². The topological polar surface area (TPSA) is 0 Å². The average molecular weight is 435 g/mol. The summed E-state index contributed by atoms with van der Waals surface area (Å²) in [7, 11) is 0. The predicted molar refractivity (Wildman–Crippen MR) is 144 cm³/mol. The zero-order valence-corrected chi connectivity index (χ0v) is 22.5. The standard InChI is InChI=1S/C32H50/c1-9-13-29-23-32(22-20-28(8)18-12-16-26(5)6)30(14-10-2)24-31(29)21-19-27(7)17-11-15-25(3)4/h23-28H,11-12,15-22H2,1-8H3/t27-,28+. The number of aryl methyl sites for hydroxylation is 2. The van der Waals surface area contributed by atoms with E-state index in [0.717, 1.165) is 36.5 Å². The smallest absolute Gasteiger partial charge is 0.0280 e. The van der Waals surface area contributed by atoms with Crippen molar-refractivity contribution in [3.8, 4) is 23.7 Å². The Bertz CT molecular complexity index is 704. The molecule has 0 unspecified atom stereocenters. The van der Waals surface area contributed by atoms with Gasteiger partial charge in [0.25, 0.3) is 0 Å². The van der Waals surface area contributed by atoms with E-state index in [0.29, 0.717) is 0 Å². The van der Waals surface area contributed by atoms with E-state index in [1.165, 1.54) is 73.6 Å². The van der Waals surface area contributed by atoms with Crippen molar-refractivity contribution in [1.82, 2.24) is 0 Å². The lowest BCUT2D eigenvalue weighted by molar-refractivity contribution is 0.436. The fourth-order valence-corrected chi connectivity index (χ4v) is 4.45. The van der Waals surface area contributed by atoms with Crippen LogP contribution >= 0.6 is 0 Å². The Labute approximate surface area is 201 Å². The van der Waals surface area contributed by atoms with Gasteiger partial charge < -0.3 is 0 Å². The second kappa shape index (κ2) is 16.0. The molecule has 178 valence electrons. The molecule has 0 aliphatic rings. The maximum absolute atomic E-state index is 3.40. The molecule has 0 aromatic heterocycles. The molecule has 0 aliphatic heterocycles. The van der Waals surface area contributed by atoms with Crippen LogP contribution < -0.4 is 0 Å². The van der Waals surface area contributed by atoms with Crippen LogP contribution in [-0.4, -0.2) is 0 Å². The van der Waals surface area contributed by atoms with E-state index in [9.17, 15) is 0 Å². The fraction of sp³-hybridized carbons (Fsp3) is 0.688. The molecule has 32 heavy (non-hydrogen) atoms. The predicted octanol–water partition coefficient (Wildman–Crippen LogP) is 9.22. The van der Waals surface area contributed by atoms with Gasteiger partial charge in [-0.05, 0) is 86.5 Å². The van der Waals surface area contributed by atoms with E-state index >= 15 is 0 Å². The third kappa shape index (κ3) is 11.8. The normalized spacial score (nSPS) is 12.8. The quantitative estimate of drug-likeness (QED) is 0.256. The van der Waals surface area contributed by atoms with Crippen molar-refractivity contribution in [1.29, 1.82) is 0 Å². The molecule has 0 radical (unpaired) electrons. The summed E-state index contributed by atoms with van der Waals surface area (Å²) in [5, 5.41) is 0. The highest BCUT2D eigenvalue weighted by molar-refractivity contribution is 5.52. The highest BCUT2D eigenvalue weighted by Crippen LogP contribution is 2.25. The van der Waals surface area contributed by atoms with Crippen LogP contribution in [0.2, 0.25) is 0 Å². The van der Waals surface area contributed by atoms with Gasteiger partial charge in [-0.2, -0.15) is 0 Å². The van der Waals surface area contributed by atoms with Crippen LogP contribution in [0.5, 0.6) is 0 Å². The molecule has 1 aromatic carbocycles. The molecule has 0 amide bonds. The minimum atomic E-state index is 0.767. The first-order chi connectivity index (χ1) is 15.3. The first-order valence-corrected chi connectivity index (χ1v) is 13.3. The Balaban J connectivity index is 2.86. The monoisotopic (exact) mass is 434 g/mol. The minimum absolute atomic E-state index is 0.767. The van der Waals surface area contributed by atoms with Crippen molar-refractivity contribution in [2.45, 2.75) is 120 Å². The van der Waals surface area contributed by atoms with Gasteiger partial charge in [-0.25, -0.2) is 0 Å². The van der Waals surface area contributed by atoms with Crippen molar-refractivity contribution in [3.63, 3.8) is 0 Å². The van der Waals surface area contributed by atoms with Crippen molar-refractivity contribution < 1.29 is 0 Å². The molecule has 0 spiro atoms. The number of hydrogen-bond donors (Lipinski definition) is 0. The molecular weight excluding hydrogens is 384 g/mol. The first kappa shape index (κ1) is 28.4. The molecule has 2 atom stereocenters. The molecule has 0 fully saturated rings. The summed E-state index contributed by atoms with van der Waals surface area (Å²) in [5.41, 5.74) is 5.24. The Morgan fingerprint density at radius 2 is 0.938 bits per heavy atom. The Morgan fingerprint density at radius 1 is 0.562 bits per heavy atom. The van der Waals surface area contributed by atoms with Crippen molar-refractivity contribution >= 4 is 0 Å². The van der Waals surface area contributed by atoms with E-state index in [4.69, 9.17) is 0 Å². The largest absolute Gasteiger partial charge is 0.101 e. The van der Waals surface area contributed by atoms with Gasteiger partial charge in [0.15, 0.2) is 0 Å². The molecule has 0 saturated carbocycles. The lowest BCUT2D eigenvalue weighted by atomic mass is 9.88. The third-order valence-electron chi connectivity index (χ3n) is 6.62. The summed E-state index contributed by atoms with van der Waals surface area (Å²) >= 11 is 0. The van der Waals surface area contributed by atoms with E-state index in [2.05, 4.69) is 77.4 Å². The van der Waals surface area contributed by atoms with E-state index in [1.54, 1.807) is 0 Å². The summed E-state index contributed by atoms with van der Waals surface area (Å²) in [6, 6.07) is 4.71. The van der Waals surface area contributed by atoms with Gasteiger partial charge in [-0.3, -0.25) is 0 Å². The second-order valence-electron chi connectivity index (χ2n) is 10.9. The number of rotatable bonds is 14. The van der Waals surface area contributed by atoms with Crippen molar-refractivity contribution in [3.05, 3.63) is 34.4 Å². The molecular formula is C32H50. The lowest BCUT2D eigenvalue weighted by Gasteiger charge is -2.16. The Hall–Kier alpha value is -1.66. The summed E-state index contributed by atoms with van der Waals surface area (Å²) in [5.74, 6) is 16.3. The zero-order chi connectivity index (χ0) is 23.9. The highest BCUT2D eigenvalue weighted by atomic mass is 14.2. The van der Waals surface area contributed by atoms with Crippen LogP contribution in [0.15, 0.2) is 12.1 Å². The lowest BCUT2D eigenvalue weighted by Crippen LogP contribution is -2.04. The van der Waals surface area contributed by atoms with Crippen LogP contribution in [0.3, 0.4) is 0 Å². The molecule has 0 nitrogen and oxygen atoms in total. The van der Waals surface area contributed by atoms with Crippen molar-refractivity contribution in [2.75, 3.05) is 0 Å². The van der Waals surface area contributed by atoms with E-state index < -0.39 is 0 Å². The molecule has 0 saturated heterocycles. The van der Waals surface area contributed by atoms with E-state index in [1.807, 2.05) is 13.8 Å². The van der Waals surface area contributed by atoms with Crippen LogP contribution in [0, 0.1) is 47.4 Å². The third-order valence-corrected chi connectivity index (χ3v) is 6.62. The minimum Gasteiger partial charge on any atom is -0.101 e. The molecule has 0 aliphatic carbocycles. The van der Waals surface area contributed by atoms with Crippen LogP contribution in [0.1, 0.15) is 129 Å². The highest BCUT2D eigenvalue weighted by Gasteiger charge is 2.12. The van der Waals surface area contributed by atoms with Gasteiger partial charge >= 0.3 is 0 Å². The number of hydrogen-bond acceptors (Lipinski definition) is 0. The summed E-state index contributed by atoms with van der Waals surface area (Å²) in [6.07, 6.45) is 12.7. The second-order valence-corrected chi connectivity index (χ2v) is 10.9. The van der Waals surface area contributed by atoms with Crippen LogP contribution in [0.25, 0.3) is 0 Å². The number of benzene rings is 1. The fourth-order valence-electron chi connectivity index (χ4n) is 4.45. The van der Waals surface area contributed by atoms with Gasteiger partial charge in [0.1, 0.15) is 0 Å². The SMILES string of the molecule is CC#Cc1cc(CC[C@@H](C)CCCC(C)C)c(C#CC)cc1CC[C@H](C)CCCC(C)C. The van der Waals surface area contributed by atoms with Crippen LogP contribution in [-0.2, 0) is 12.8 Å². The van der Waals surface area contributed by atoms with Crippen LogP contribution in [0.4, 0.5) is 0 Å². The maximum Gasteiger partial charge on any atom is 0.0280 e. The Morgan fingerprint density at radius 3 is 1.25 bits per heavy atom. The molecule has 0 heteroatoms.